The van der Waals surface area contributed by atoms with E-state index in [4.69, 9.17) is 4.74 Å². The molecule has 2 heterocycles. The Morgan fingerprint density at radius 1 is 1.21 bits per heavy atom. The number of fused-ring (bicyclic) bond motifs is 1. The van der Waals surface area contributed by atoms with Crippen LogP contribution in [0.5, 0.6) is 0 Å². The maximum Gasteiger partial charge on any atom is 0.435 e. The lowest BCUT2D eigenvalue weighted by atomic mass is 9.90. The fourth-order valence-electron chi connectivity index (χ4n) is 4.48. The number of hydrogen-bond acceptors (Lipinski definition) is 6. The third-order valence-electron chi connectivity index (χ3n) is 5.85. The van der Waals surface area contributed by atoms with E-state index in [2.05, 4.69) is 22.1 Å². The van der Waals surface area contributed by atoms with Crippen molar-refractivity contribution in [3.8, 4) is 0 Å². The van der Waals surface area contributed by atoms with E-state index in [0.29, 0.717) is 5.92 Å². The highest BCUT2D eigenvalue weighted by Gasteiger charge is 2.22. The van der Waals surface area contributed by atoms with Gasteiger partial charge in [-0.05, 0) is 75.8 Å². The first kappa shape index (κ1) is 22.9. The maximum atomic E-state index is 12.4. The summed E-state index contributed by atoms with van der Waals surface area (Å²) in [6.45, 7) is 8.18. The summed E-state index contributed by atoms with van der Waals surface area (Å²) in [5.41, 5.74) is 2.49. The Hall–Kier alpha value is -3.26. The number of carbonyl (C=O) groups is 1. The van der Waals surface area contributed by atoms with Crippen LogP contribution in [-0.4, -0.2) is 44.4 Å². The highest BCUT2D eigenvalue weighted by atomic mass is 16.6. The quantitative estimate of drug-likeness (QED) is 0.393. The van der Waals surface area contributed by atoms with Crippen LogP contribution in [-0.2, 0) is 17.7 Å². The van der Waals surface area contributed by atoms with Gasteiger partial charge in [0.2, 0.25) is 0 Å². The third-order valence-corrected chi connectivity index (χ3v) is 5.85. The molecule has 1 aromatic heterocycles. The molecule has 0 aliphatic carbocycles. The van der Waals surface area contributed by atoms with Crippen molar-refractivity contribution in [2.75, 3.05) is 13.1 Å². The van der Waals surface area contributed by atoms with Gasteiger partial charge in [-0.15, -0.1) is 0 Å². The molecule has 1 aliphatic heterocycles. The van der Waals surface area contributed by atoms with E-state index in [-0.39, 0.29) is 10.6 Å². The molecule has 1 saturated heterocycles. The Bertz CT molecular complexity index is 1160. The second-order valence-electron chi connectivity index (χ2n) is 9.80. The third kappa shape index (κ3) is 5.76. The van der Waals surface area contributed by atoms with Gasteiger partial charge in [0.05, 0.1) is 16.6 Å². The number of ether oxygens (including phenoxy) is 1. The molecule has 1 fully saturated rings. The normalized spacial score (nSPS) is 17.2. The summed E-state index contributed by atoms with van der Waals surface area (Å²) in [4.78, 5) is 25.5. The number of carbonyl (C=O) groups excluding carboxylic acids is 1. The van der Waals surface area contributed by atoms with Gasteiger partial charge in [-0.25, -0.2) is 4.79 Å². The lowest BCUT2D eigenvalue weighted by Gasteiger charge is -2.33. The SMILES string of the molecule is CC(C)(C)OC(=O)n1ncc2cc(CC3CCCN(Cc4cccc([N+](=O)[O-])c4)C3)ccc21. The van der Waals surface area contributed by atoms with Gasteiger partial charge in [0.25, 0.3) is 5.69 Å². The van der Waals surface area contributed by atoms with Crippen molar-refractivity contribution in [2.24, 2.45) is 5.92 Å². The van der Waals surface area contributed by atoms with Crippen LogP contribution in [0.3, 0.4) is 0 Å². The number of nitrogens with zero attached hydrogens (tertiary/aromatic N) is 4. The summed E-state index contributed by atoms with van der Waals surface area (Å²) >= 11 is 0. The van der Waals surface area contributed by atoms with Crippen molar-refractivity contribution in [2.45, 2.75) is 52.2 Å². The summed E-state index contributed by atoms with van der Waals surface area (Å²) in [6.07, 6.45) is 4.44. The minimum Gasteiger partial charge on any atom is -0.442 e. The van der Waals surface area contributed by atoms with Crippen molar-refractivity contribution >= 4 is 22.7 Å². The van der Waals surface area contributed by atoms with Crippen LogP contribution < -0.4 is 0 Å². The van der Waals surface area contributed by atoms with Crippen LogP contribution in [0.1, 0.15) is 44.7 Å². The van der Waals surface area contributed by atoms with E-state index in [0.717, 1.165) is 55.4 Å². The molecule has 0 spiro atoms. The molecule has 8 heteroatoms. The van der Waals surface area contributed by atoms with Crippen LogP contribution in [0.4, 0.5) is 10.5 Å². The van der Waals surface area contributed by atoms with Crippen LogP contribution in [0, 0.1) is 16.0 Å². The molecule has 0 N–H and O–H groups in total. The number of hydrogen-bond donors (Lipinski definition) is 0. The zero-order chi connectivity index (χ0) is 23.6. The summed E-state index contributed by atoms with van der Waals surface area (Å²) in [5, 5.41) is 16.2. The second kappa shape index (κ2) is 9.31. The fourth-order valence-corrected chi connectivity index (χ4v) is 4.48. The molecule has 33 heavy (non-hydrogen) atoms. The lowest BCUT2D eigenvalue weighted by molar-refractivity contribution is -0.384. The standard InChI is InChI=1S/C25H30N4O4/c1-25(2,3)33-24(30)28-23-10-9-18(13-21(23)15-26-28)12-19-7-5-11-27(16-19)17-20-6-4-8-22(14-20)29(31)32/h4,6,8-10,13-15,19H,5,7,11-12,16-17H2,1-3H3. The number of rotatable bonds is 5. The largest absolute Gasteiger partial charge is 0.442 e. The molecule has 4 rings (SSSR count). The summed E-state index contributed by atoms with van der Waals surface area (Å²) < 4.78 is 6.75. The van der Waals surface area contributed by atoms with Gasteiger partial charge in [-0.3, -0.25) is 15.0 Å². The molecule has 8 nitrogen and oxygen atoms in total. The smallest absolute Gasteiger partial charge is 0.435 e. The predicted octanol–water partition coefficient (Wildman–Crippen LogP) is 5.18. The Balaban J connectivity index is 1.41. The fraction of sp³-hybridized carbons (Fsp3) is 0.440. The van der Waals surface area contributed by atoms with Crippen molar-refractivity contribution in [1.29, 1.82) is 0 Å². The van der Waals surface area contributed by atoms with Gasteiger partial charge >= 0.3 is 6.09 Å². The molecule has 174 valence electrons. The molecule has 3 aromatic rings. The monoisotopic (exact) mass is 450 g/mol. The van der Waals surface area contributed by atoms with Gasteiger partial charge < -0.3 is 4.74 Å². The molecule has 1 unspecified atom stereocenters. The molecule has 0 radical (unpaired) electrons. The van der Waals surface area contributed by atoms with E-state index in [9.17, 15) is 14.9 Å². The lowest BCUT2D eigenvalue weighted by Crippen LogP contribution is -2.35. The van der Waals surface area contributed by atoms with Gasteiger partial charge in [-0.2, -0.15) is 9.78 Å². The van der Waals surface area contributed by atoms with Gasteiger partial charge in [0, 0.05) is 30.6 Å². The maximum absolute atomic E-state index is 12.4. The topological polar surface area (TPSA) is 90.5 Å². The molecule has 0 amide bonds. The molecular weight excluding hydrogens is 420 g/mol. The Morgan fingerprint density at radius 2 is 2.03 bits per heavy atom. The van der Waals surface area contributed by atoms with Gasteiger partial charge in [0.15, 0.2) is 0 Å². The highest BCUT2D eigenvalue weighted by Crippen LogP contribution is 2.25. The van der Waals surface area contributed by atoms with Gasteiger partial charge in [0.1, 0.15) is 5.60 Å². The Kier molecular flexibility index (Phi) is 6.47. The molecule has 0 saturated carbocycles. The zero-order valence-corrected chi connectivity index (χ0v) is 19.4. The van der Waals surface area contributed by atoms with Crippen LogP contribution in [0.15, 0.2) is 48.7 Å². The van der Waals surface area contributed by atoms with E-state index in [1.807, 2.05) is 32.9 Å². The highest BCUT2D eigenvalue weighted by molar-refractivity contribution is 5.88. The number of nitro groups is 1. The average Bonchev–Trinajstić information content (AvgIpc) is 3.16. The van der Waals surface area contributed by atoms with Crippen molar-refractivity contribution < 1.29 is 14.5 Å². The first-order valence-electron chi connectivity index (χ1n) is 11.3. The first-order chi connectivity index (χ1) is 15.7. The Labute approximate surface area is 193 Å². The summed E-state index contributed by atoms with van der Waals surface area (Å²) in [6, 6.07) is 13.0. The number of piperidine rings is 1. The molecular formula is C25H30N4O4. The molecule has 1 aliphatic rings. The first-order valence-corrected chi connectivity index (χ1v) is 11.3. The average molecular weight is 451 g/mol. The Morgan fingerprint density at radius 3 is 2.79 bits per heavy atom. The van der Waals surface area contributed by atoms with Crippen LogP contribution in [0.25, 0.3) is 10.9 Å². The van der Waals surface area contributed by atoms with Crippen molar-refractivity contribution in [1.82, 2.24) is 14.7 Å². The summed E-state index contributed by atoms with van der Waals surface area (Å²) in [5.74, 6) is 0.510. The summed E-state index contributed by atoms with van der Waals surface area (Å²) in [7, 11) is 0. The van der Waals surface area contributed by atoms with E-state index in [1.165, 1.54) is 16.3 Å². The van der Waals surface area contributed by atoms with Crippen LogP contribution >= 0.6 is 0 Å². The molecule has 0 bridgehead atoms. The predicted molar refractivity (Wildman–Crippen MR) is 126 cm³/mol. The van der Waals surface area contributed by atoms with Gasteiger partial charge in [-0.1, -0.05) is 18.2 Å². The van der Waals surface area contributed by atoms with E-state index >= 15 is 0 Å². The van der Waals surface area contributed by atoms with E-state index < -0.39 is 11.7 Å². The van der Waals surface area contributed by atoms with Crippen LogP contribution in [0.2, 0.25) is 0 Å². The number of non-ortho nitro benzene ring substituents is 1. The number of benzene rings is 2. The number of nitro benzene ring substituents is 1. The molecule has 2 aromatic carbocycles. The number of likely N-dealkylation sites (tertiary alicyclic amines) is 1. The van der Waals surface area contributed by atoms with E-state index in [1.54, 1.807) is 18.3 Å². The minimum atomic E-state index is -0.577. The molecule has 1 atom stereocenters. The van der Waals surface area contributed by atoms with Crippen molar-refractivity contribution in [3.05, 3.63) is 69.9 Å². The van der Waals surface area contributed by atoms with Crippen molar-refractivity contribution in [3.63, 3.8) is 0 Å². The number of aromatic nitrogens is 2. The second-order valence-corrected chi connectivity index (χ2v) is 9.80. The zero-order valence-electron chi connectivity index (χ0n) is 19.4. The minimum absolute atomic E-state index is 0.140.